The Morgan fingerprint density at radius 1 is 0.971 bits per heavy atom. The van der Waals surface area contributed by atoms with Crippen LogP contribution in [0.3, 0.4) is 0 Å². The predicted molar refractivity (Wildman–Crippen MR) is 118 cm³/mol. The van der Waals surface area contributed by atoms with Crippen LogP contribution in [0.1, 0.15) is 16.1 Å². The molecule has 0 radical (unpaired) electrons. The van der Waals surface area contributed by atoms with Crippen molar-refractivity contribution in [2.75, 3.05) is 10.6 Å². The average molecular weight is 472 g/mol. The van der Waals surface area contributed by atoms with Gasteiger partial charge in [-0.15, -0.1) is 0 Å². The monoisotopic (exact) mass is 472 g/mol. The number of nitrogens with one attached hydrogen (secondary N) is 3. The number of phenolic OH excluding ortho intramolecular Hbond substituents is 1. The van der Waals surface area contributed by atoms with E-state index < -0.39 is 35.2 Å². The van der Waals surface area contributed by atoms with Crippen molar-refractivity contribution in [3.8, 4) is 16.9 Å². The first kappa shape index (κ1) is 22.6. The Kier molecular flexibility index (Phi) is 5.61. The van der Waals surface area contributed by atoms with Crippen LogP contribution in [0, 0.1) is 5.82 Å². The Labute approximate surface area is 189 Å². The fraction of sp³-hybridized carbons (Fsp3) is 0.0435. The number of hydrogen-bond donors (Lipinski definition) is 5. The smallest absolute Gasteiger partial charge is 0.416 e. The van der Waals surface area contributed by atoms with Crippen molar-refractivity contribution in [1.29, 1.82) is 0 Å². The Morgan fingerprint density at radius 2 is 1.68 bits per heavy atom. The van der Waals surface area contributed by atoms with Gasteiger partial charge >= 0.3 is 12.2 Å². The van der Waals surface area contributed by atoms with E-state index in [1.54, 1.807) is 24.3 Å². The summed E-state index contributed by atoms with van der Waals surface area (Å²) in [5.74, 6) is -2.02. The summed E-state index contributed by atoms with van der Waals surface area (Å²) in [5.41, 5.74) is 5.61. The maximum atomic E-state index is 13.9. The number of rotatable bonds is 4. The van der Waals surface area contributed by atoms with Gasteiger partial charge in [-0.3, -0.25) is 4.79 Å². The molecule has 0 aliphatic carbocycles. The number of hydrogen-bond acceptors (Lipinski definition) is 3. The molecule has 0 aliphatic heterocycles. The molecule has 4 rings (SSSR count). The van der Waals surface area contributed by atoms with Gasteiger partial charge in [-0.25, -0.2) is 9.18 Å². The second-order valence-corrected chi connectivity index (χ2v) is 7.29. The van der Waals surface area contributed by atoms with Gasteiger partial charge in [0, 0.05) is 16.6 Å². The van der Waals surface area contributed by atoms with Crippen LogP contribution in [-0.2, 0) is 6.18 Å². The number of alkyl halides is 3. The van der Waals surface area contributed by atoms with E-state index in [9.17, 15) is 32.3 Å². The number of nitrogens with two attached hydrogens (primary N) is 1. The molecule has 3 aromatic carbocycles. The molecular formula is C23H16F4N4O3. The van der Waals surface area contributed by atoms with E-state index in [1.165, 1.54) is 18.2 Å². The quantitative estimate of drug-likeness (QED) is 0.254. The molecule has 0 aliphatic rings. The molecule has 7 nitrogen and oxygen atoms in total. The summed E-state index contributed by atoms with van der Waals surface area (Å²) in [6.07, 6.45) is -4.71. The summed E-state index contributed by atoms with van der Waals surface area (Å²) in [7, 11) is 0. The van der Waals surface area contributed by atoms with Crippen molar-refractivity contribution < 1.29 is 32.3 Å². The van der Waals surface area contributed by atoms with Gasteiger partial charge in [0.1, 0.15) is 17.3 Å². The molecule has 6 N–H and O–H groups in total. The summed E-state index contributed by atoms with van der Waals surface area (Å²) in [4.78, 5) is 26.9. The molecule has 3 amide bonds. The van der Waals surface area contributed by atoms with E-state index in [1.807, 2.05) is 0 Å². The van der Waals surface area contributed by atoms with Crippen molar-refractivity contribution in [3.05, 3.63) is 77.7 Å². The number of benzene rings is 3. The van der Waals surface area contributed by atoms with Gasteiger partial charge in [0.05, 0.1) is 16.8 Å². The lowest BCUT2D eigenvalue weighted by molar-refractivity contribution is -0.137. The molecule has 0 fully saturated rings. The highest BCUT2D eigenvalue weighted by Gasteiger charge is 2.31. The fourth-order valence-corrected chi connectivity index (χ4v) is 3.48. The van der Waals surface area contributed by atoms with Crippen LogP contribution in [-0.4, -0.2) is 22.0 Å². The summed E-state index contributed by atoms with van der Waals surface area (Å²) in [5, 5.41) is 15.2. The van der Waals surface area contributed by atoms with E-state index >= 15 is 0 Å². The molecule has 0 unspecified atom stereocenters. The number of carbonyl (C=O) groups is 2. The number of primary amides is 1. The summed E-state index contributed by atoms with van der Waals surface area (Å²) in [6.45, 7) is 0. The third-order valence-electron chi connectivity index (χ3n) is 5.03. The molecule has 1 heterocycles. The van der Waals surface area contributed by atoms with Gasteiger partial charge in [0.25, 0.3) is 5.91 Å². The van der Waals surface area contributed by atoms with Crippen LogP contribution in [0.15, 0.2) is 60.7 Å². The van der Waals surface area contributed by atoms with Crippen LogP contribution >= 0.6 is 0 Å². The highest BCUT2D eigenvalue weighted by molar-refractivity contribution is 6.10. The van der Waals surface area contributed by atoms with Gasteiger partial charge in [0.15, 0.2) is 0 Å². The second kappa shape index (κ2) is 8.43. The summed E-state index contributed by atoms with van der Waals surface area (Å²) < 4.78 is 51.9. The van der Waals surface area contributed by atoms with Crippen molar-refractivity contribution in [3.63, 3.8) is 0 Å². The van der Waals surface area contributed by atoms with Crippen LogP contribution < -0.4 is 16.4 Å². The highest BCUT2D eigenvalue weighted by atomic mass is 19.4. The second-order valence-electron chi connectivity index (χ2n) is 7.29. The molecule has 0 atom stereocenters. The number of aromatic nitrogens is 1. The molecule has 34 heavy (non-hydrogen) atoms. The van der Waals surface area contributed by atoms with E-state index in [2.05, 4.69) is 15.6 Å². The minimum absolute atomic E-state index is 0.0586. The molecule has 0 saturated carbocycles. The van der Waals surface area contributed by atoms with Gasteiger partial charge in [-0.2, -0.15) is 13.2 Å². The Bertz CT molecular complexity index is 1410. The number of para-hydroxylation sites is 1. The number of aromatic amines is 1. The number of aromatic hydroxyl groups is 1. The molecular weight excluding hydrogens is 456 g/mol. The molecule has 0 saturated heterocycles. The number of urea groups is 1. The molecule has 1 aromatic heterocycles. The van der Waals surface area contributed by atoms with Crippen LogP contribution in [0.2, 0.25) is 0 Å². The van der Waals surface area contributed by atoms with Gasteiger partial charge in [-0.1, -0.05) is 24.3 Å². The molecule has 4 aromatic rings. The standard InChI is InChI=1S/C23H16F4N4O3/c24-15-10-12(23(25,26)27)6-9-16(15)30-22(34)29-13-7-4-11(5-8-13)18-14-2-1-3-17(32)19(14)31-20(18)21(28)33/h1-10,31-32H,(H2,28,33)(H2,29,30,34). The topological polar surface area (TPSA) is 120 Å². The highest BCUT2D eigenvalue weighted by Crippen LogP contribution is 2.36. The number of H-pyrrole nitrogens is 1. The number of halogens is 4. The fourth-order valence-electron chi connectivity index (χ4n) is 3.48. The Morgan fingerprint density at radius 3 is 2.29 bits per heavy atom. The SMILES string of the molecule is NC(=O)c1[nH]c2c(O)cccc2c1-c1ccc(NC(=O)Nc2ccc(C(F)(F)F)cc2F)cc1. The Balaban J connectivity index is 1.54. The predicted octanol–water partition coefficient (Wildman–Crippen LogP) is 5.44. The minimum Gasteiger partial charge on any atom is -0.506 e. The first-order valence-electron chi connectivity index (χ1n) is 9.73. The van der Waals surface area contributed by atoms with E-state index in [0.29, 0.717) is 34.2 Å². The van der Waals surface area contributed by atoms with Crippen LogP contribution in [0.25, 0.3) is 22.0 Å². The lowest BCUT2D eigenvalue weighted by Crippen LogP contribution is -2.20. The number of fused-ring (bicyclic) bond motifs is 1. The zero-order chi connectivity index (χ0) is 24.6. The van der Waals surface area contributed by atoms with Crippen molar-refractivity contribution >= 4 is 34.2 Å². The molecule has 174 valence electrons. The molecule has 0 spiro atoms. The molecule has 0 bridgehead atoms. The van der Waals surface area contributed by atoms with Crippen molar-refractivity contribution in [2.45, 2.75) is 6.18 Å². The van der Waals surface area contributed by atoms with Gasteiger partial charge in [0.2, 0.25) is 0 Å². The van der Waals surface area contributed by atoms with Crippen LogP contribution in [0.5, 0.6) is 5.75 Å². The third-order valence-corrected chi connectivity index (χ3v) is 5.03. The first-order valence-corrected chi connectivity index (χ1v) is 9.73. The summed E-state index contributed by atoms with van der Waals surface area (Å²) >= 11 is 0. The maximum absolute atomic E-state index is 13.9. The lowest BCUT2D eigenvalue weighted by atomic mass is 10.0. The van der Waals surface area contributed by atoms with Crippen molar-refractivity contribution in [1.82, 2.24) is 4.98 Å². The Hall–Kier alpha value is -4.54. The lowest BCUT2D eigenvalue weighted by Gasteiger charge is -2.11. The van der Waals surface area contributed by atoms with E-state index in [4.69, 9.17) is 5.73 Å². The third kappa shape index (κ3) is 4.35. The number of phenols is 1. The van der Waals surface area contributed by atoms with Crippen molar-refractivity contribution in [2.24, 2.45) is 5.73 Å². The average Bonchev–Trinajstić information content (AvgIpc) is 3.16. The minimum atomic E-state index is -4.71. The molecule has 11 heteroatoms. The normalized spacial score (nSPS) is 11.4. The number of anilines is 2. The van der Waals surface area contributed by atoms with E-state index in [-0.39, 0.29) is 17.1 Å². The number of carbonyl (C=O) groups excluding carboxylic acids is 2. The summed E-state index contributed by atoms with van der Waals surface area (Å²) in [6, 6.07) is 11.8. The zero-order valence-corrected chi connectivity index (χ0v) is 17.1. The van der Waals surface area contributed by atoms with Gasteiger partial charge < -0.3 is 26.5 Å². The first-order chi connectivity index (χ1) is 16.0. The van der Waals surface area contributed by atoms with E-state index in [0.717, 1.165) is 6.07 Å². The zero-order valence-electron chi connectivity index (χ0n) is 17.1. The van der Waals surface area contributed by atoms with Gasteiger partial charge in [-0.05, 0) is 42.0 Å². The maximum Gasteiger partial charge on any atom is 0.416 e. The largest absolute Gasteiger partial charge is 0.506 e. The van der Waals surface area contributed by atoms with Crippen LogP contribution in [0.4, 0.5) is 33.7 Å². The number of amides is 3.